The van der Waals surface area contributed by atoms with Gasteiger partial charge in [0.05, 0.1) is 0 Å². The van der Waals surface area contributed by atoms with E-state index in [1.165, 1.54) is 29.6 Å². The summed E-state index contributed by atoms with van der Waals surface area (Å²) >= 11 is 0. The Bertz CT molecular complexity index is 1030. The number of benzene rings is 1. The van der Waals surface area contributed by atoms with E-state index in [1.54, 1.807) is 0 Å². The second-order valence-electron chi connectivity index (χ2n) is 7.18. The minimum atomic E-state index is 0.567. The molecule has 1 aliphatic heterocycles. The van der Waals surface area contributed by atoms with E-state index >= 15 is 0 Å². The van der Waals surface area contributed by atoms with Gasteiger partial charge in [-0.1, -0.05) is 12.1 Å². The molecule has 27 heavy (non-hydrogen) atoms. The van der Waals surface area contributed by atoms with E-state index < -0.39 is 0 Å². The van der Waals surface area contributed by atoms with Crippen LogP contribution < -0.4 is 4.90 Å². The molecule has 0 atom stereocenters. The molecular formula is C22H21N5. The van der Waals surface area contributed by atoms with Gasteiger partial charge in [0.2, 0.25) is 0 Å². The lowest BCUT2D eigenvalue weighted by Gasteiger charge is -2.27. The summed E-state index contributed by atoms with van der Waals surface area (Å²) in [5.74, 6) is 0.960. The van der Waals surface area contributed by atoms with Gasteiger partial charge in [-0.25, -0.2) is 0 Å². The summed E-state index contributed by atoms with van der Waals surface area (Å²) in [5, 5.41) is 8.50. The van der Waals surface area contributed by atoms with Crippen molar-refractivity contribution in [1.82, 2.24) is 19.7 Å². The third kappa shape index (κ3) is 3.05. The van der Waals surface area contributed by atoms with Crippen molar-refractivity contribution < 1.29 is 0 Å². The number of anilines is 1. The zero-order valence-corrected chi connectivity index (χ0v) is 15.3. The highest BCUT2D eigenvalue weighted by atomic mass is 15.3. The summed E-state index contributed by atoms with van der Waals surface area (Å²) in [6.07, 6.45) is 12.3. The fourth-order valence-electron chi connectivity index (χ4n) is 3.59. The Morgan fingerprint density at radius 1 is 1.04 bits per heavy atom. The summed E-state index contributed by atoms with van der Waals surface area (Å²) in [6.45, 7) is 3.00. The smallest absolute Gasteiger partial charge is 0.164 e. The molecule has 5 nitrogen and oxygen atoms in total. The molecular weight excluding hydrogens is 334 g/mol. The standard InChI is InChI=1S/C22H21N5/c1-16-9-12-26(14-21(16)17-7-10-23-11-8-17)20-4-2-3-18(13-20)22-25-24-15-27(22)19-5-6-19/h2-4,7-13,15,19H,5-6,14H2,1H3. The van der Waals surface area contributed by atoms with Crippen molar-refractivity contribution in [2.24, 2.45) is 0 Å². The number of rotatable bonds is 4. The number of pyridine rings is 1. The fourth-order valence-corrected chi connectivity index (χ4v) is 3.59. The average Bonchev–Trinajstić information content (AvgIpc) is 3.45. The molecule has 134 valence electrons. The summed E-state index contributed by atoms with van der Waals surface area (Å²) < 4.78 is 2.21. The van der Waals surface area contributed by atoms with Gasteiger partial charge in [-0.05, 0) is 66.8 Å². The second-order valence-corrected chi connectivity index (χ2v) is 7.18. The monoisotopic (exact) mass is 355 g/mol. The van der Waals surface area contributed by atoms with Crippen LogP contribution in [0.4, 0.5) is 5.69 Å². The van der Waals surface area contributed by atoms with Crippen LogP contribution in [0.5, 0.6) is 0 Å². The molecule has 0 saturated heterocycles. The molecule has 3 aromatic rings. The lowest BCUT2D eigenvalue weighted by molar-refractivity contribution is 0.746. The topological polar surface area (TPSA) is 46.8 Å². The molecule has 1 aromatic carbocycles. The SMILES string of the molecule is CC1=C(c2ccncc2)CN(c2cccc(-c3nncn3C3CC3)c2)C=C1. The first-order chi connectivity index (χ1) is 13.3. The van der Waals surface area contributed by atoms with E-state index in [9.17, 15) is 0 Å². The molecule has 0 N–H and O–H groups in total. The van der Waals surface area contributed by atoms with Crippen molar-refractivity contribution in [3.63, 3.8) is 0 Å². The molecule has 1 fully saturated rings. The molecule has 0 unspecified atom stereocenters. The Labute approximate surface area is 158 Å². The Morgan fingerprint density at radius 2 is 1.89 bits per heavy atom. The summed E-state index contributed by atoms with van der Waals surface area (Å²) in [5.41, 5.74) is 6.12. The highest BCUT2D eigenvalue weighted by molar-refractivity contribution is 5.77. The first kappa shape index (κ1) is 16.0. The molecule has 0 radical (unpaired) electrons. The molecule has 1 aliphatic carbocycles. The van der Waals surface area contributed by atoms with Gasteiger partial charge >= 0.3 is 0 Å². The van der Waals surface area contributed by atoms with Crippen molar-refractivity contribution in [2.45, 2.75) is 25.8 Å². The van der Waals surface area contributed by atoms with Gasteiger partial charge < -0.3 is 9.47 Å². The summed E-state index contributed by atoms with van der Waals surface area (Å²) in [7, 11) is 0. The summed E-state index contributed by atoms with van der Waals surface area (Å²) in [4.78, 5) is 6.42. The second kappa shape index (κ2) is 6.50. The normalized spacial score (nSPS) is 16.9. The number of allylic oxidation sites excluding steroid dienone is 2. The van der Waals surface area contributed by atoms with Crippen molar-refractivity contribution in [3.8, 4) is 11.4 Å². The molecule has 2 aromatic heterocycles. The maximum absolute atomic E-state index is 4.37. The molecule has 1 saturated carbocycles. The maximum Gasteiger partial charge on any atom is 0.164 e. The molecule has 3 heterocycles. The van der Waals surface area contributed by atoms with E-state index in [0.29, 0.717) is 6.04 Å². The molecule has 0 bridgehead atoms. The maximum atomic E-state index is 4.37. The van der Waals surface area contributed by atoms with Gasteiger partial charge in [-0.15, -0.1) is 10.2 Å². The van der Waals surface area contributed by atoms with E-state index in [4.69, 9.17) is 0 Å². The number of hydrogen-bond donors (Lipinski definition) is 0. The Hall–Kier alpha value is -3.21. The minimum Gasteiger partial charge on any atom is -0.343 e. The van der Waals surface area contributed by atoms with E-state index in [-0.39, 0.29) is 0 Å². The molecule has 0 amide bonds. The van der Waals surface area contributed by atoms with E-state index in [2.05, 4.69) is 80.2 Å². The quantitative estimate of drug-likeness (QED) is 0.692. The van der Waals surface area contributed by atoms with Crippen LogP contribution in [0.15, 0.2) is 73.0 Å². The van der Waals surface area contributed by atoms with E-state index in [1.807, 2.05) is 18.7 Å². The van der Waals surface area contributed by atoms with Gasteiger partial charge in [0.1, 0.15) is 6.33 Å². The predicted octanol–water partition coefficient (Wildman–Crippen LogP) is 4.48. The zero-order valence-electron chi connectivity index (χ0n) is 15.3. The van der Waals surface area contributed by atoms with Gasteiger partial charge in [0, 0.05) is 42.4 Å². The Morgan fingerprint density at radius 3 is 2.70 bits per heavy atom. The lowest BCUT2D eigenvalue weighted by Crippen LogP contribution is -2.22. The highest BCUT2D eigenvalue weighted by Crippen LogP contribution is 2.38. The molecule has 0 spiro atoms. The Balaban J connectivity index is 1.46. The average molecular weight is 355 g/mol. The largest absolute Gasteiger partial charge is 0.343 e. The fraction of sp³-hybridized carbons (Fsp3) is 0.227. The van der Waals surface area contributed by atoms with Crippen LogP contribution >= 0.6 is 0 Å². The third-order valence-corrected chi connectivity index (χ3v) is 5.29. The molecule has 5 rings (SSSR count). The van der Waals surface area contributed by atoms with Crippen molar-refractivity contribution in [3.05, 3.63) is 78.5 Å². The van der Waals surface area contributed by atoms with Gasteiger partial charge in [0.25, 0.3) is 0 Å². The zero-order chi connectivity index (χ0) is 18.2. The van der Waals surface area contributed by atoms with Crippen LogP contribution in [0.1, 0.15) is 31.4 Å². The van der Waals surface area contributed by atoms with Crippen LogP contribution in [0, 0.1) is 0 Å². The minimum absolute atomic E-state index is 0.567. The summed E-state index contributed by atoms with van der Waals surface area (Å²) in [6, 6.07) is 13.3. The van der Waals surface area contributed by atoms with Crippen LogP contribution in [-0.4, -0.2) is 26.3 Å². The first-order valence-corrected chi connectivity index (χ1v) is 9.34. The molecule has 5 heteroatoms. The lowest BCUT2D eigenvalue weighted by atomic mass is 9.98. The highest BCUT2D eigenvalue weighted by Gasteiger charge is 2.26. The number of hydrogen-bond acceptors (Lipinski definition) is 4. The van der Waals surface area contributed by atoms with Crippen molar-refractivity contribution in [2.75, 3.05) is 11.4 Å². The third-order valence-electron chi connectivity index (χ3n) is 5.29. The van der Waals surface area contributed by atoms with Crippen LogP contribution in [0.2, 0.25) is 0 Å². The number of aromatic nitrogens is 4. The van der Waals surface area contributed by atoms with Gasteiger partial charge in [0.15, 0.2) is 5.82 Å². The Kier molecular flexibility index (Phi) is 3.85. The van der Waals surface area contributed by atoms with Crippen molar-refractivity contribution >= 4 is 11.3 Å². The van der Waals surface area contributed by atoms with Gasteiger partial charge in [-0.3, -0.25) is 4.98 Å². The molecule has 2 aliphatic rings. The van der Waals surface area contributed by atoms with Gasteiger partial charge in [-0.2, -0.15) is 0 Å². The van der Waals surface area contributed by atoms with Crippen LogP contribution in [0.3, 0.4) is 0 Å². The number of nitrogens with zero attached hydrogens (tertiary/aromatic N) is 5. The van der Waals surface area contributed by atoms with Crippen LogP contribution in [-0.2, 0) is 0 Å². The van der Waals surface area contributed by atoms with Crippen molar-refractivity contribution in [1.29, 1.82) is 0 Å². The first-order valence-electron chi connectivity index (χ1n) is 9.34. The van der Waals surface area contributed by atoms with E-state index in [0.717, 1.165) is 23.6 Å². The van der Waals surface area contributed by atoms with Crippen LogP contribution in [0.25, 0.3) is 17.0 Å². The predicted molar refractivity (Wildman–Crippen MR) is 107 cm³/mol.